The Balaban J connectivity index is 1.97. The standard InChI is InChI=1S/C22H36N4O3/c1-7-9-13-27-19-16(3)29-20(22(19,4)28-14-10-8-2)17-11-12-18-21(25(5)6)23-15-24-26(17)18/h11-12,15-16,19-20H,7-10,13-14H2,1-6H3/t16?,19-,20+,22-/m1/s1. The van der Waals surface area contributed by atoms with Crippen molar-refractivity contribution in [3.63, 3.8) is 0 Å². The maximum Gasteiger partial charge on any atom is 0.156 e. The van der Waals surface area contributed by atoms with E-state index in [2.05, 4.69) is 49.9 Å². The van der Waals surface area contributed by atoms with Crippen molar-refractivity contribution >= 4 is 11.3 Å². The molecule has 2 aromatic heterocycles. The van der Waals surface area contributed by atoms with E-state index in [1.54, 1.807) is 6.33 Å². The van der Waals surface area contributed by atoms with Crippen molar-refractivity contribution in [3.05, 3.63) is 24.2 Å². The van der Waals surface area contributed by atoms with E-state index in [1.807, 2.05) is 23.5 Å². The van der Waals surface area contributed by atoms with Crippen LogP contribution in [0.5, 0.6) is 0 Å². The van der Waals surface area contributed by atoms with E-state index >= 15 is 0 Å². The van der Waals surface area contributed by atoms with Gasteiger partial charge >= 0.3 is 0 Å². The minimum absolute atomic E-state index is 0.0656. The van der Waals surface area contributed by atoms with E-state index in [9.17, 15) is 0 Å². The molecule has 0 amide bonds. The first-order valence-corrected chi connectivity index (χ1v) is 10.8. The summed E-state index contributed by atoms with van der Waals surface area (Å²) < 4.78 is 21.2. The highest BCUT2D eigenvalue weighted by Crippen LogP contribution is 2.46. The number of nitrogens with zero attached hydrogens (tertiary/aromatic N) is 4. The van der Waals surface area contributed by atoms with Gasteiger partial charge in [-0.3, -0.25) is 0 Å². The molecule has 1 fully saturated rings. The Bertz CT molecular complexity index is 793. The molecule has 0 spiro atoms. The molecule has 0 aliphatic carbocycles. The van der Waals surface area contributed by atoms with Gasteiger partial charge in [-0.2, -0.15) is 5.10 Å². The van der Waals surface area contributed by atoms with Crippen molar-refractivity contribution in [3.8, 4) is 0 Å². The Morgan fingerprint density at radius 2 is 1.90 bits per heavy atom. The second kappa shape index (κ2) is 9.41. The van der Waals surface area contributed by atoms with Crippen LogP contribution in [0.4, 0.5) is 5.82 Å². The largest absolute Gasteiger partial charge is 0.372 e. The van der Waals surface area contributed by atoms with Gasteiger partial charge in [-0.1, -0.05) is 26.7 Å². The number of fused-ring (bicyclic) bond motifs is 1. The molecule has 162 valence electrons. The van der Waals surface area contributed by atoms with Crippen LogP contribution in [0.25, 0.3) is 5.52 Å². The number of hydrogen-bond acceptors (Lipinski definition) is 6. The lowest BCUT2D eigenvalue weighted by Gasteiger charge is -2.35. The highest BCUT2D eigenvalue weighted by atomic mass is 16.6. The number of aromatic nitrogens is 3. The number of ether oxygens (including phenoxy) is 3. The van der Waals surface area contributed by atoms with E-state index in [4.69, 9.17) is 14.2 Å². The van der Waals surface area contributed by atoms with Crippen LogP contribution in [0.1, 0.15) is 65.2 Å². The van der Waals surface area contributed by atoms with Crippen molar-refractivity contribution in [1.29, 1.82) is 0 Å². The van der Waals surface area contributed by atoms with Gasteiger partial charge in [0.15, 0.2) is 5.82 Å². The van der Waals surface area contributed by atoms with Crippen LogP contribution >= 0.6 is 0 Å². The zero-order valence-corrected chi connectivity index (χ0v) is 18.7. The maximum absolute atomic E-state index is 6.49. The molecule has 0 radical (unpaired) electrons. The van der Waals surface area contributed by atoms with Gasteiger partial charge < -0.3 is 19.1 Å². The van der Waals surface area contributed by atoms with Gasteiger partial charge in [0.25, 0.3) is 0 Å². The maximum atomic E-state index is 6.49. The fourth-order valence-electron chi connectivity index (χ4n) is 4.13. The summed E-state index contributed by atoms with van der Waals surface area (Å²) in [6.45, 7) is 9.96. The summed E-state index contributed by atoms with van der Waals surface area (Å²) in [5.74, 6) is 0.877. The van der Waals surface area contributed by atoms with Crippen LogP contribution in [0.3, 0.4) is 0 Å². The molecular formula is C22H36N4O3. The van der Waals surface area contributed by atoms with Crippen LogP contribution in [0, 0.1) is 0 Å². The van der Waals surface area contributed by atoms with Gasteiger partial charge in [-0.05, 0) is 38.8 Å². The van der Waals surface area contributed by atoms with Crippen molar-refractivity contribution in [2.75, 3.05) is 32.2 Å². The van der Waals surface area contributed by atoms with Crippen molar-refractivity contribution in [2.45, 2.75) is 77.3 Å². The molecule has 1 saturated heterocycles. The van der Waals surface area contributed by atoms with E-state index in [0.29, 0.717) is 6.61 Å². The van der Waals surface area contributed by atoms with Gasteiger partial charge in [-0.15, -0.1) is 0 Å². The molecule has 7 heteroatoms. The molecule has 29 heavy (non-hydrogen) atoms. The summed E-state index contributed by atoms with van der Waals surface area (Å²) in [7, 11) is 3.97. The summed E-state index contributed by atoms with van der Waals surface area (Å²) >= 11 is 0. The van der Waals surface area contributed by atoms with Crippen LogP contribution in [-0.2, 0) is 14.2 Å². The molecule has 1 aliphatic heterocycles. The SMILES string of the molecule is CCCCO[C@@H]1C(C)O[C@@H](c2ccc3c(N(C)C)ncnn23)[C@]1(C)OCCCC. The molecule has 3 rings (SSSR count). The Hall–Kier alpha value is -1.70. The minimum atomic E-state index is -0.583. The minimum Gasteiger partial charge on any atom is -0.372 e. The van der Waals surface area contributed by atoms with Crippen LogP contribution in [0.2, 0.25) is 0 Å². The fourth-order valence-corrected chi connectivity index (χ4v) is 4.13. The normalized spacial score (nSPS) is 27.0. The van der Waals surface area contributed by atoms with Crippen molar-refractivity contribution in [1.82, 2.24) is 14.6 Å². The first-order chi connectivity index (χ1) is 13.9. The van der Waals surface area contributed by atoms with Gasteiger partial charge in [0, 0.05) is 27.3 Å². The van der Waals surface area contributed by atoms with Crippen LogP contribution in [0.15, 0.2) is 18.5 Å². The van der Waals surface area contributed by atoms with E-state index in [1.165, 1.54) is 0 Å². The molecule has 0 bridgehead atoms. The lowest BCUT2D eigenvalue weighted by atomic mass is 9.90. The highest BCUT2D eigenvalue weighted by molar-refractivity contribution is 5.68. The topological polar surface area (TPSA) is 61.1 Å². The predicted octanol–water partition coefficient (Wildman–Crippen LogP) is 4.02. The quantitative estimate of drug-likeness (QED) is 0.558. The van der Waals surface area contributed by atoms with Crippen LogP contribution < -0.4 is 4.90 Å². The summed E-state index contributed by atoms with van der Waals surface area (Å²) in [6, 6.07) is 4.13. The summed E-state index contributed by atoms with van der Waals surface area (Å²) in [5.41, 5.74) is 1.34. The van der Waals surface area contributed by atoms with Gasteiger partial charge in [0.2, 0.25) is 0 Å². The molecule has 0 aromatic carbocycles. The summed E-state index contributed by atoms with van der Waals surface area (Å²) in [5, 5.41) is 4.52. The predicted molar refractivity (Wildman–Crippen MR) is 115 cm³/mol. The fraction of sp³-hybridized carbons (Fsp3) is 0.727. The monoisotopic (exact) mass is 404 g/mol. The van der Waals surface area contributed by atoms with E-state index in [-0.39, 0.29) is 18.3 Å². The Morgan fingerprint density at radius 1 is 1.17 bits per heavy atom. The van der Waals surface area contributed by atoms with E-state index < -0.39 is 5.60 Å². The second-order valence-electron chi connectivity index (χ2n) is 8.29. The molecule has 2 aromatic rings. The Morgan fingerprint density at radius 3 is 2.59 bits per heavy atom. The van der Waals surface area contributed by atoms with E-state index in [0.717, 1.165) is 49.3 Å². The molecule has 4 atom stereocenters. The zero-order chi connectivity index (χ0) is 21.0. The second-order valence-corrected chi connectivity index (χ2v) is 8.29. The third kappa shape index (κ3) is 4.27. The third-order valence-electron chi connectivity index (χ3n) is 5.72. The van der Waals surface area contributed by atoms with Gasteiger partial charge in [-0.25, -0.2) is 9.50 Å². The van der Waals surface area contributed by atoms with Crippen LogP contribution in [-0.4, -0.2) is 59.7 Å². The summed E-state index contributed by atoms with van der Waals surface area (Å²) in [6.07, 6.45) is 5.37. The number of anilines is 1. The summed E-state index contributed by atoms with van der Waals surface area (Å²) in [4.78, 5) is 6.41. The Labute approximate surface area is 174 Å². The number of hydrogen-bond donors (Lipinski definition) is 0. The average Bonchev–Trinajstić information content (AvgIpc) is 3.22. The molecule has 3 heterocycles. The Kier molecular flexibility index (Phi) is 7.14. The first kappa shape index (κ1) is 22.0. The van der Waals surface area contributed by atoms with Gasteiger partial charge in [0.05, 0.1) is 11.8 Å². The molecule has 7 nitrogen and oxygen atoms in total. The van der Waals surface area contributed by atoms with Gasteiger partial charge in [0.1, 0.15) is 29.7 Å². The third-order valence-corrected chi connectivity index (χ3v) is 5.72. The first-order valence-electron chi connectivity index (χ1n) is 10.8. The lowest BCUT2D eigenvalue weighted by molar-refractivity contribution is -0.136. The molecule has 1 aliphatic rings. The zero-order valence-electron chi connectivity index (χ0n) is 18.7. The van der Waals surface area contributed by atoms with Crippen molar-refractivity contribution < 1.29 is 14.2 Å². The average molecular weight is 405 g/mol. The number of unbranched alkanes of at least 4 members (excludes halogenated alkanes) is 2. The molecule has 0 N–H and O–H groups in total. The smallest absolute Gasteiger partial charge is 0.156 e. The van der Waals surface area contributed by atoms with Crippen molar-refractivity contribution in [2.24, 2.45) is 0 Å². The molecule has 0 saturated carbocycles. The lowest BCUT2D eigenvalue weighted by Crippen LogP contribution is -2.46. The molecular weight excluding hydrogens is 368 g/mol. The molecule has 1 unspecified atom stereocenters. The number of rotatable bonds is 10. The highest BCUT2D eigenvalue weighted by Gasteiger charge is 2.55.